The number of aryl methyl sites for hydroxylation is 2. The van der Waals surface area contributed by atoms with Crippen LogP contribution in [0.4, 0.5) is 0 Å². The summed E-state index contributed by atoms with van der Waals surface area (Å²) >= 11 is 0. The molecule has 0 bridgehead atoms. The molecule has 1 N–H and O–H groups in total. The van der Waals surface area contributed by atoms with Gasteiger partial charge in [0.1, 0.15) is 5.76 Å². The Kier molecular flexibility index (Phi) is 3.53. The van der Waals surface area contributed by atoms with Crippen molar-refractivity contribution in [3.05, 3.63) is 17.0 Å². The zero-order valence-corrected chi connectivity index (χ0v) is 11.0. The maximum absolute atomic E-state index is 11.5. The van der Waals surface area contributed by atoms with E-state index >= 15 is 0 Å². The van der Waals surface area contributed by atoms with Crippen LogP contribution >= 0.6 is 0 Å². The molecule has 0 radical (unpaired) electrons. The first kappa shape index (κ1) is 12.6. The van der Waals surface area contributed by atoms with Crippen molar-refractivity contribution in [2.45, 2.75) is 39.3 Å². The van der Waals surface area contributed by atoms with Gasteiger partial charge in [-0.25, -0.2) is 8.42 Å². The highest BCUT2D eigenvalue weighted by molar-refractivity contribution is 7.91. The summed E-state index contributed by atoms with van der Waals surface area (Å²) in [5, 5.41) is 7.16. The molecule has 1 aromatic heterocycles. The molecule has 1 atom stereocenters. The van der Waals surface area contributed by atoms with Crippen LogP contribution in [0, 0.1) is 13.8 Å². The number of nitrogens with zero attached hydrogens (tertiary/aromatic N) is 1. The van der Waals surface area contributed by atoms with Crippen molar-refractivity contribution in [2.24, 2.45) is 0 Å². The monoisotopic (exact) mass is 258 g/mol. The maximum atomic E-state index is 11.5. The number of hydrogen-bond acceptors (Lipinski definition) is 5. The highest BCUT2D eigenvalue weighted by Crippen LogP contribution is 2.15. The van der Waals surface area contributed by atoms with Crippen molar-refractivity contribution in [3.63, 3.8) is 0 Å². The highest BCUT2D eigenvalue weighted by Gasteiger charge is 2.24. The van der Waals surface area contributed by atoms with Gasteiger partial charge in [-0.1, -0.05) is 5.16 Å². The lowest BCUT2D eigenvalue weighted by Gasteiger charge is -2.22. The van der Waals surface area contributed by atoms with Crippen molar-refractivity contribution in [1.82, 2.24) is 10.5 Å². The summed E-state index contributed by atoms with van der Waals surface area (Å²) < 4.78 is 28.0. The molecule has 1 unspecified atom stereocenters. The predicted molar refractivity (Wildman–Crippen MR) is 64.5 cm³/mol. The van der Waals surface area contributed by atoms with E-state index in [1.54, 1.807) is 0 Å². The second kappa shape index (κ2) is 4.78. The number of sulfone groups is 1. The van der Waals surface area contributed by atoms with Gasteiger partial charge in [0.2, 0.25) is 0 Å². The van der Waals surface area contributed by atoms with Crippen LogP contribution in [0.25, 0.3) is 0 Å². The smallest absolute Gasteiger partial charge is 0.151 e. The molecule has 2 heterocycles. The third-order valence-corrected chi connectivity index (χ3v) is 5.03. The quantitative estimate of drug-likeness (QED) is 0.874. The van der Waals surface area contributed by atoms with Crippen molar-refractivity contribution in [1.29, 1.82) is 0 Å². The van der Waals surface area contributed by atoms with Crippen molar-refractivity contribution in [2.75, 3.05) is 11.5 Å². The maximum Gasteiger partial charge on any atom is 0.151 e. The molecule has 1 fully saturated rings. The van der Waals surface area contributed by atoms with Crippen LogP contribution in [-0.2, 0) is 16.4 Å². The lowest BCUT2D eigenvalue weighted by molar-refractivity contribution is 0.391. The molecule has 0 aliphatic carbocycles. The Morgan fingerprint density at radius 1 is 1.47 bits per heavy atom. The topological polar surface area (TPSA) is 72.2 Å². The number of hydrogen-bond donors (Lipinski definition) is 1. The lowest BCUT2D eigenvalue weighted by Crippen LogP contribution is -2.39. The first-order valence-electron chi connectivity index (χ1n) is 5.83. The Morgan fingerprint density at radius 3 is 2.82 bits per heavy atom. The summed E-state index contributed by atoms with van der Waals surface area (Å²) in [7, 11) is -2.84. The fourth-order valence-electron chi connectivity index (χ4n) is 2.18. The molecule has 1 aliphatic rings. The lowest BCUT2D eigenvalue weighted by atomic mass is 10.1. The predicted octanol–water partition coefficient (Wildman–Crippen LogP) is 0.958. The first-order valence-corrected chi connectivity index (χ1v) is 7.65. The van der Waals surface area contributed by atoms with Crippen LogP contribution in [0.3, 0.4) is 0 Å². The van der Waals surface area contributed by atoms with Gasteiger partial charge in [-0.2, -0.15) is 0 Å². The molecular weight excluding hydrogens is 240 g/mol. The van der Waals surface area contributed by atoms with Crippen LogP contribution < -0.4 is 5.32 Å². The second-order valence-electron chi connectivity index (χ2n) is 4.64. The van der Waals surface area contributed by atoms with Gasteiger partial charge in [0, 0.05) is 18.2 Å². The minimum Gasteiger partial charge on any atom is -0.361 e. The highest BCUT2D eigenvalue weighted by atomic mass is 32.2. The van der Waals surface area contributed by atoms with Gasteiger partial charge in [-0.05, 0) is 26.7 Å². The van der Waals surface area contributed by atoms with Crippen LogP contribution in [0.1, 0.15) is 29.9 Å². The van der Waals surface area contributed by atoms with Crippen molar-refractivity contribution >= 4 is 9.84 Å². The molecule has 0 saturated carbocycles. The van der Waals surface area contributed by atoms with E-state index in [1.807, 2.05) is 13.8 Å². The van der Waals surface area contributed by atoms with E-state index in [0.29, 0.717) is 12.3 Å². The molecule has 2 rings (SSSR count). The van der Waals surface area contributed by atoms with Gasteiger partial charge in [-0.15, -0.1) is 0 Å². The van der Waals surface area contributed by atoms with Gasteiger partial charge in [-0.3, -0.25) is 0 Å². The Balaban J connectivity index is 1.95. The van der Waals surface area contributed by atoms with E-state index in [0.717, 1.165) is 29.9 Å². The van der Waals surface area contributed by atoms with E-state index in [9.17, 15) is 8.42 Å². The van der Waals surface area contributed by atoms with E-state index in [-0.39, 0.29) is 11.8 Å². The Morgan fingerprint density at radius 2 is 2.24 bits per heavy atom. The first-order chi connectivity index (χ1) is 7.98. The Labute approximate surface area is 101 Å². The summed E-state index contributed by atoms with van der Waals surface area (Å²) in [6.45, 7) is 4.39. The molecule has 1 saturated heterocycles. The van der Waals surface area contributed by atoms with Crippen LogP contribution in [0.2, 0.25) is 0 Å². The number of nitrogens with one attached hydrogen (secondary N) is 1. The van der Waals surface area contributed by atoms with Crippen LogP contribution in [0.15, 0.2) is 4.52 Å². The van der Waals surface area contributed by atoms with Crippen molar-refractivity contribution < 1.29 is 12.9 Å². The molecule has 0 amide bonds. The molecular formula is C11H18N2O3S. The summed E-state index contributed by atoms with van der Waals surface area (Å²) in [5.74, 6) is 1.38. The largest absolute Gasteiger partial charge is 0.361 e. The summed E-state index contributed by atoms with van der Waals surface area (Å²) in [6.07, 6.45) is 1.67. The van der Waals surface area contributed by atoms with E-state index in [1.165, 1.54) is 0 Å². The van der Waals surface area contributed by atoms with Gasteiger partial charge < -0.3 is 9.84 Å². The Bertz CT molecular complexity index is 473. The molecule has 6 heteroatoms. The minimum atomic E-state index is -2.84. The normalized spacial score (nSPS) is 23.8. The average Bonchev–Trinajstić information content (AvgIpc) is 2.55. The van der Waals surface area contributed by atoms with E-state index in [4.69, 9.17) is 4.52 Å². The summed E-state index contributed by atoms with van der Waals surface area (Å²) in [6, 6.07) is 0.0578. The number of rotatable bonds is 3. The molecule has 0 aromatic carbocycles. The summed E-state index contributed by atoms with van der Waals surface area (Å²) in [4.78, 5) is 0. The fraction of sp³-hybridized carbons (Fsp3) is 0.727. The zero-order valence-electron chi connectivity index (χ0n) is 10.2. The second-order valence-corrected chi connectivity index (χ2v) is 6.87. The molecule has 1 aliphatic heterocycles. The van der Waals surface area contributed by atoms with Gasteiger partial charge in [0.15, 0.2) is 9.84 Å². The summed E-state index contributed by atoms with van der Waals surface area (Å²) in [5.41, 5.74) is 1.90. The average molecular weight is 258 g/mol. The van der Waals surface area contributed by atoms with E-state index < -0.39 is 9.84 Å². The third kappa shape index (κ3) is 3.07. The van der Waals surface area contributed by atoms with Gasteiger partial charge in [0.25, 0.3) is 0 Å². The van der Waals surface area contributed by atoms with Crippen LogP contribution in [-0.4, -0.2) is 31.1 Å². The third-order valence-electron chi connectivity index (χ3n) is 3.21. The van der Waals surface area contributed by atoms with Gasteiger partial charge in [0.05, 0.1) is 17.2 Å². The minimum absolute atomic E-state index is 0.0578. The zero-order chi connectivity index (χ0) is 12.5. The van der Waals surface area contributed by atoms with E-state index in [2.05, 4.69) is 10.5 Å². The Hall–Kier alpha value is -0.880. The molecule has 96 valence electrons. The molecule has 0 spiro atoms. The van der Waals surface area contributed by atoms with Crippen molar-refractivity contribution in [3.8, 4) is 0 Å². The number of aromatic nitrogens is 1. The molecule has 17 heavy (non-hydrogen) atoms. The van der Waals surface area contributed by atoms with Gasteiger partial charge >= 0.3 is 0 Å². The molecule has 1 aromatic rings. The molecule has 5 nitrogen and oxygen atoms in total. The fourth-order valence-corrected chi connectivity index (χ4v) is 3.86. The standard InChI is InChI=1S/C11H18N2O3S/c1-8-11(9(2)16-13-8)6-12-10-4-3-5-17(14,15)7-10/h10,12H,3-7H2,1-2H3. The van der Waals surface area contributed by atoms with Crippen LogP contribution in [0.5, 0.6) is 0 Å². The SMILES string of the molecule is Cc1noc(C)c1CNC1CCCS(=O)(=O)C1.